The minimum absolute atomic E-state index is 0.00405. The maximum Gasteiger partial charge on any atom is 0.258 e. The molecule has 1 N–H and O–H groups in total. The fourth-order valence-electron chi connectivity index (χ4n) is 1.74. The zero-order valence-electron chi connectivity index (χ0n) is 11.7. The van der Waals surface area contributed by atoms with Crippen molar-refractivity contribution in [2.24, 2.45) is 0 Å². The number of halogens is 1. The summed E-state index contributed by atoms with van der Waals surface area (Å²) in [6.45, 7) is 4.69. The zero-order valence-corrected chi connectivity index (χ0v) is 11.7. The molecular formula is C13H20FN3O2. The highest BCUT2D eigenvalue weighted by Crippen LogP contribution is 2.17. The topological polar surface area (TPSA) is 54.5 Å². The molecule has 1 amide bonds. The summed E-state index contributed by atoms with van der Waals surface area (Å²) in [7, 11) is 3.22. The van der Waals surface area contributed by atoms with E-state index < -0.39 is 5.82 Å². The summed E-state index contributed by atoms with van der Waals surface area (Å²) < 4.78 is 18.3. The number of ether oxygens (including phenoxy) is 1. The number of carbonyl (C=O) groups excluding carboxylic acids is 1. The van der Waals surface area contributed by atoms with E-state index in [-0.39, 0.29) is 17.5 Å². The van der Waals surface area contributed by atoms with Crippen LogP contribution in [0.3, 0.4) is 0 Å². The lowest BCUT2D eigenvalue weighted by Crippen LogP contribution is -2.39. The van der Waals surface area contributed by atoms with Crippen molar-refractivity contribution in [3.05, 3.63) is 23.6 Å². The van der Waals surface area contributed by atoms with Gasteiger partial charge in [0, 0.05) is 26.7 Å². The second kappa shape index (κ2) is 7.04. The van der Waals surface area contributed by atoms with Gasteiger partial charge in [0.2, 0.25) is 0 Å². The third-order valence-electron chi connectivity index (χ3n) is 2.74. The molecule has 5 nitrogen and oxygen atoms in total. The summed E-state index contributed by atoms with van der Waals surface area (Å²) in [4.78, 5) is 17.9. The van der Waals surface area contributed by atoms with Crippen LogP contribution in [0.25, 0.3) is 0 Å². The molecule has 0 aromatic carbocycles. The van der Waals surface area contributed by atoms with Crippen LogP contribution in [0, 0.1) is 5.82 Å². The molecule has 0 saturated carbocycles. The lowest BCUT2D eigenvalue weighted by molar-refractivity contribution is 0.0635. The van der Waals surface area contributed by atoms with Gasteiger partial charge in [-0.2, -0.15) is 0 Å². The number of amides is 1. The van der Waals surface area contributed by atoms with Crippen molar-refractivity contribution >= 4 is 11.7 Å². The van der Waals surface area contributed by atoms with Gasteiger partial charge in [-0.15, -0.1) is 0 Å². The molecule has 0 aliphatic rings. The molecule has 0 bridgehead atoms. The molecule has 6 heteroatoms. The third kappa shape index (κ3) is 3.89. The lowest BCUT2D eigenvalue weighted by Gasteiger charge is -2.27. The van der Waals surface area contributed by atoms with E-state index in [0.29, 0.717) is 19.0 Å². The smallest absolute Gasteiger partial charge is 0.258 e. The van der Waals surface area contributed by atoms with Gasteiger partial charge in [-0.05, 0) is 19.9 Å². The van der Waals surface area contributed by atoms with Crippen LogP contribution in [0.5, 0.6) is 0 Å². The Labute approximate surface area is 112 Å². The average molecular weight is 269 g/mol. The molecule has 1 rings (SSSR count). The van der Waals surface area contributed by atoms with Gasteiger partial charge in [0.25, 0.3) is 5.91 Å². The van der Waals surface area contributed by atoms with Crippen LogP contribution >= 0.6 is 0 Å². The predicted molar refractivity (Wildman–Crippen MR) is 71.8 cm³/mol. The fraction of sp³-hybridized carbons (Fsp3) is 0.538. The molecule has 1 aromatic heterocycles. The van der Waals surface area contributed by atoms with Crippen LogP contribution in [0.1, 0.15) is 24.2 Å². The van der Waals surface area contributed by atoms with E-state index in [1.807, 2.05) is 13.8 Å². The summed E-state index contributed by atoms with van der Waals surface area (Å²) in [6, 6.07) is 1.19. The van der Waals surface area contributed by atoms with Crippen LogP contribution < -0.4 is 5.32 Å². The van der Waals surface area contributed by atoms with Crippen LogP contribution in [0.15, 0.2) is 12.3 Å². The first-order valence-corrected chi connectivity index (χ1v) is 6.14. The Morgan fingerprint density at radius 3 is 2.79 bits per heavy atom. The van der Waals surface area contributed by atoms with Crippen molar-refractivity contribution in [1.82, 2.24) is 9.88 Å². The average Bonchev–Trinajstić information content (AvgIpc) is 2.38. The van der Waals surface area contributed by atoms with Gasteiger partial charge in [0.15, 0.2) is 0 Å². The molecule has 0 radical (unpaired) electrons. The number of aromatic nitrogens is 1. The van der Waals surface area contributed by atoms with Crippen LogP contribution in [0.2, 0.25) is 0 Å². The first-order valence-electron chi connectivity index (χ1n) is 6.14. The van der Waals surface area contributed by atoms with E-state index in [1.165, 1.54) is 6.07 Å². The molecule has 0 aliphatic carbocycles. The van der Waals surface area contributed by atoms with Gasteiger partial charge in [-0.3, -0.25) is 4.79 Å². The van der Waals surface area contributed by atoms with Gasteiger partial charge in [-0.1, -0.05) is 0 Å². The van der Waals surface area contributed by atoms with E-state index in [2.05, 4.69) is 10.3 Å². The summed E-state index contributed by atoms with van der Waals surface area (Å²) in [6.07, 6.45) is 1.08. The van der Waals surface area contributed by atoms with Crippen molar-refractivity contribution < 1.29 is 13.9 Å². The SMILES string of the molecule is CNc1ncc(F)cc1C(=O)N(CCOC)C(C)C. The minimum atomic E-state index is -0.530. The lowest BCUT2D eigenvalue weighted by atomic mass is 10.2. The first kappa shape index (κ1) is 15.4. The summed E-state index contributed by atoms with van der Waals surface area (Å²) in [5, 5.41) is 2.80. The van der Waals surface area contributed by atoms with Crippen molar-refractivity contribution in [1.29, 1.82) is 0 Å². The Morgan fingerprint density at radius 2 is 2.26 bits per heavy atom. The molecule has 0 atom stereocenters. The molecule has 0 aliphatic heterocycles. The van der Waals surface area contributed by atoms with Crippen LogP contribution in [-0.4, -0.2) is 49.1 Å². The van der Waals surface area contributed by atoms with Crippen LogP contribution in [0.4, 0.5) is 10.2 Å². The number of carbonyl (C=O) groups is 1. The Kier molecular flexibility index (Phi) is 5.69. The number of nitrogens with one attached hydrogen (secondary N) is 1. The molecule has 19 heavy (non-hydrogen) atoms. The molecule has 0 fully saturated rings. The van der Waals surface area contributed by atoms with E-state index in [1.54, 1.807) is 19.1 Å². The van der Waals surface area contributed by atoms with Crippen molar-refractivity contribution in [3.8, 4) is 0 Å². The quantitative estimate of drug-likeness (QED) is 0.855. The second-order valence-corrected chi connectivity index (χ2v) is 4.38. The van der Waals surface area contributed by atoms with E-state index in [9.17, 15) is 9.18 Å². The van der Waals surface area contributed by atoms with Gasteiger partial charge >= 0.3 is 0 Å². The summed E-state index contributed by atoms with van der Waals surface area (Å²) >= 11 is 0. The number of rotatable bonds is 6. The Balaban J connectivity index is 3.04. The zero-order chi connectivity index (χ0) is 14.4. The molecule has 106 valence electrons. The highest BCUT2D eigenvalue weighted by atomic mass is 19.1. The summed E-state index contributed by atoms with van der Waals surface area (Å²) in [5.74, 6) is -0.421. The minimum Gasteiger partial charge on any atom is -0.383 e. The monoisotopic (exact) mass is 269 g/mol. The number of anilines is 1. The molecule has 1 aromatic rings. The number of pyridine rings is 1. The Hall–Kier alpha value is -1.69. The molecule has 0 unspecified atom stereocenters. The van der Waals surface area contributed by atoms with Crippen molar-refractivity contribution in [2.75, 3.05) is 32.6 Å². The van der Waals surface area contributed by atoms with Crippen molar-refractivity contribution in [3.63, 3.8) is 0 Å². The molecule has 1 heterocycles. The first-order chi connectivity index (χ1) is 9.01. The molecule has 0 saturated heterocycles. The predicted octanol–water partition coefficient (Wildman–Crippen LogP) is 1.76. The summed E-state index contributed by atoms with van der Waals surface area (Å²) in [5.41, 5.74) is 0.229. The van der Waals surface area contributed by atoms with E-state index in [4.69, 9.17) is 4.74 Å². The third-order valence-corrected chi connectivity index (χ3v) is 2.74. The Morgan fingerprint density at radius 1 is 1.58 bits per heavy atom. The number of hydrogen-bond acceptors (Lipinski definition) is 4. The van der Waals surface area contributed by atoms with Gasteiger partial charge < -0.3 is 15.0 Å². The van der Waals surface area contributed by atoms with Gasteiger partial charge in [0.05, 0.1) is 18.4 Å². The molecular weight excluding hydrogens is 249 g/mol. The highest BCUT2D eigenvalue weighted by molar-refractivity contribution is 5.98. The van der Waals surface area contributed by atoms with Crippen LogP contribution in [-0.2, 0) is 4.74 Å². The second-order valence-electron chi connectivity index (χ2n) is 4.38. The molecule has 0 spiro atoms. The maximum absolute atomic E-state index is 13.3. The number of nitrogens with zero attached hydrogens (tertiary/aromatic N) is 2. The number of hydrogen-bond donors (Lipinski definition) is 1. The van der Waals surface area contributed by atoms with Crippen molar-refractivity contribution in [2.45, 2.75) is 19.9 Å². The maximum atomic E-state index is 13.3. The van der Waals surface area contributed by atoms with E-state index >= 15 is 0 Å². The van der Waals surface area contributed by atoms with E-state index in [0.717, 1.165) is 6.20 Å². The normalized spacial score (nSPS) is 10.6. The van der Waals surface area contributed by atoms with Gasteiger partial charge in [0.1, 0.15) is 11.6 Å². The standard InChI is InChI=1S/C13H20FN3O2/c1-9(2)17(5-6-19-4)13(18)11-7-10(14)8-16-12(11)15-3/h7-9H,5-6H2,1-4H3,(H,15,16). The van der Waals surface area contributed by atoms with Gasteiger partial charge in [-0.25, -0.2) is 9.37 Å². The largest absolute Gasteiger partial charge is 0.383 e. The highest BCUT2D eigenvalue weighted by Gasteiger charge is 2.22. The Bertz CT molecular complexity index is 438. The fourth-order valence-corrected chi connectivity index (χ4v) is 1.74. The number of methoxy groups -OCH3 is 1.